The summed E-state index contributed by atoms with van der Waals surface area (Å²) in [5.74, 6) is 0.226. The van der Waals surface area contributed by atoms with E-state index in [9.17, 15) is 0 Å². The van der Waals surface area contributed by atoms with Crippen molar-refractivity contribution in [1.29, 1.82) is 5.41 Å². The van der Waals surface area contributed by atoms with Crippen molar-refractivity contribution in [2.75, 3.05) is 11.5 Å². The average Bonchev–Trinajstić information content (AvgIpc) is 2.00. The molecule has 0 saturated heterocycles. The van der Waals surface area contributed by atoms with Gasteiger partial charge in [0.1, 0.15) is 0 Å². The monoisotopic (exact) mass is 213 g/mol. The molecular weight excluding hydrogens is 198 g/mol. The van der Waals surface area contributed by atoms with Crippen LogP contribution < -0.4 is 11.5 Å². The maximum absolute atomic E-state index is 8.75. The summed E-state index contributed by atoms with van der Waals surface area (Å²) in [5, 5.41) is 23.6. The largest absolute Gasteiger partial charge is 0.390 e. The fourth-order valence-electron chi connectivity index (χ4n) is 0.243. The lowest BCUT2D eigenvalue weighted by Gasteiger charge is -2.11. The second-order valence-electron chi connectivity index (χ2n) is 1.96. The number of nitrogens with one attached hydrogen (secondary N) is 1. The Morgan fingerprint density at radius 1 is 1.17 bits per heavy atom. The zero-order chi connectivity index (χ0) is 10.1. The number of aliphatic hydroxyl groups excluding tert-OH is 2. The molecule has 0 radical (unpaired) electrons. The first-order valence-electron chi connectivity index (χ1n) is 3.13. The number of hydrogen-bond acceptors (Lipinski definition) is 5. The summed E-state index contributed by atoms with van der Waals surface area (Å²) >= 11 is 7.53. The average molecular weight is 213 g/mol. The van der Waals surface area contributed by atoms with E-state index in [2.05, 4.69) is 36.7 Å². The molecule has 0 aromatic carbocycles. The Balaban J connectivity index is 0. The first-order chi connectivity index (χ1) is 5.45. The molecule has 0 aromatic rings. The topological polar surface area (TPSA) is 116 Å². The standard InChI is InChI=1S/C4H10O2S2.CH5N3/c5-3(1-7)4(6)2-8;2-1(3)4/h3-8H,1-2H2;(H5,2,3,4)/t3-,4-;/m1./s1. The van der Waals surface area contributed by atoms with Crippen LogP contribution in [0.4, 0.5) is 0 Å². The van der Waals surface area contributed by atoms with Gasteiger partial charge < -0.3 is 21.7 Å². The van der Waals surface area contributed by atoms with Crippen LogP contribution in [0.5, 0.6) is 0 Å². The van der Waals surface area contributed by atoms with E-state index in [-0.39, 0.29) is 17.5 Å². The summed E-state index contributed by atoms with van der Waals surface area (Å²) in [7, 11) is 0. The first kappa shape index (κ1) is 14.4. The van der Waals surface area contributed by atoms with Gasteiger partial charge in [-0.2, -0.15) is 25.3 Å². The van der Waals surface area contributed by atoms with Crippen LogP contribution >= 0.6 is 25.3 Å². The van der Waals surface area contributed by atoms with Crippen LogP contribution in [0.15, 0.2) is 0 Å². The molecule has 0 heterocycles. The van der Waals surface area contributed by atoms with Crippen molar-refractivity contribution in [3.05, 3.63) is 0 Å². The zero-order valence-corrected chi connectivity index (χ0v) is 8.30. The quantitative estimate of drug-likeness (QED) is 0.174. The SMILES string of the molecule is N=C(N)N.O[C@H](CS)[C@H](O)CS. The van der Waals surface area contributed by atoms with Gasteiger partial charge in [-0.3, -0.25) is 5.41 Å². The van der Waals surface area contributed by atoms with Gasteiger partial charge in [0.15, 0.2) is 5.96 Å². The molecule has 0 aliphatic rings. The van der Waals surface area contributed by atoms with Crippen LogP contribution in [0.2, 0.25) is 0 Å². The van der Waals surface area contributed by atoms with E-state index in [0.29, 0.717) is 0 Å². The molecule has 0 spiro atoms. The van der Waals surface area contributed by atoms with Crippen LogP contribution in [-0.4, -0.2) is 39.9 Å². The molecule has 7 N–H and O–H groups in total. The van der Waals surface area contributed by atoms with E-state index in [1.54, 1.807) is 0 Å². The van der Waals surface area contributed by atoms with Crippen LogP contribution in [0.1, 0.15) is 0 Å². The Labute approximate surface area is 82.5 Å². The molecule has 2 atom stereocenters. The Morgan fingerprint density at radius 3 is 1.42 bits per heavy atom. The third kappa shape index (κ3) is 12.6. The highest BCUT2D eigenvalue weighted by Crippen LogP contribution is 1.96. The summed E-state index contributed by atoms with van der Waals surface area (Å²) < 4.78 is 0. The zero-order valence-electron chi connectivity index (χ0n) is 6.51. The van der Waals surface area contributed by atoms with Crippen molar-refractivity contribution in [2.24, 2.45) is 11.5 Å². The lowest BCUT2D eigenvalue weighted by atomic mass is 10.3. The molecule has 0 amide bonds. The predicted octanol–water partition coefficient (Wildman–Crippen LogP) is -1.59. The van der Waals surface area contributed by atoms with E-state index >= 15 is 0 Å². The van der Waals surface area contributed by atoms with Crippen molar-refractivity contribution < 1.29 is 10.2 Å². The highest BCUT2D eigenvalue weighted by Gasteiger charge is 2.10. The van der Waals surface area contributed by atoms with Gasteiger partial charge in [0, 0.05) is 11.5 Å². The third-order valence-electron chi connectivity index (χ3n) is 0.818. The van der Waals surface area contributed by atoms with E-state index in [1.807, 2.05) is 0 Å². The minimum Gasteiger partial charge on any atom is -0.390 e. The van der Waals surface area contributed by atoms with Gasteiger partial charge in [-0.15, -0.1) is 0 Å². The lowest BCUT2D eigenvalue weighted by molar-refractivity contribution is 0.0504. The summed E-state index contributed by atoms with van der Waals surface area (Å²) in [4.78, 5) is 0. The fraction of sp³-hybridized carbons (Fsp3) is 0.800. The molecule has 0 bridgehead atoms. The summed E-state index contributed by atoms with van der Waals surface area (Å²) in [5.41, 5.74) is 8.94. The summed E-state index contributed by atoms with van der Waals surface area (Å²) in [6, 6.07) is 0. The molecule has 0 rings (SSSR count). The van der Waals surface area contributed by atoms with Gasteiger partial charge in [-0.25, -0.2) is 0 Å². The summed E-state index contributed by atoms with van der Waals surface area (Å²) in [6.45, 7) is 0. The third-order valence-corrected chi connectivity index (χ3v) is 1.57. The molecule has 7 heteroatoms. The van der Waals surface area contributed by atoms with Crippen molar-refractivity contribution >= 4 is 31.2 Å². The minimum absolute atomic E-state index is 0.279. The van der Waals surface area contributed by atoms with E-state index in [4.69, 9.17) is 15.6 Å². The van der Waals surface area contributed by atoms with Crippen molar-refractivity contribution in [1.82, 2.24) is 0 Å². The normalized spacial score (nSPS) is 14.0. The van der Waals surface area contributed by atoms with Crippen molar-refractivity contribution in [2.45, 2.75) is 12.2 Å². The van der Waals surface area contributed by atoms with Crippen LogP contribution in [0, 0.1) is 5.41 Å². The van der Waals surface area contributed by atoms with Crippen LogP contribution in [0.3, 0.4) is 0 Å². The summed E-state index contributed by atoms with van der Waals surface area (Å²) in [6.07, 6.45) is -1.48. The molecule has 0 aliphatic carbocycles. The predicted molar refractivity (Wildman–Crippen MR) is 55.8 cm³/mol. The first-order valence-corrected chi connectivity index (χ1v) is 4.39. The molecule has 0 fully saturated rings. The van der Waals surface area contributed by atoms with Crippen LogP contribution in [-0.2, 0) is 0 Å². The molecular formula is C5H15N3O2S2. The number of nitrogens with two attached hydrogens (primary N) is 2. The molecule has 74 valence electrons. The van der Waals surface area contributed by atoms with Crippen LogP contribution in [0.25, 0.3) is 0 Å². The molecule has 0 saturated carbocycles. The van der Waals surface area contributed by atoms with Gasteiger partial charge >= 0.3 is 0 Å². The molecule has 0 aliphatic heterocycles. The number of hydrogen-bond donors (Lipinski definition) is 7. The van der Waals surface area contributed by atoms with Gasteiger partial charge in [-0.05, 0) is 0 Å². The molecule has 0 unspecified atom stereocenters. The van der Waals surface area contributed by atoms with Crippen molar-refractivity contribution in [3.8, 4) is 0 Å². The Kier molecular flexibility index (Phi) is 10.8. The minimum atomic E-state index is -0.740. The van der Waals surface area contributed by atoms with E-state index < -0.39 is 12.2 Å². The van der Waals surface area contributed by atoms with E-state index in [1.165, 1.54) is 0 Å². The second kappa shape index (κ2) is 8.98. The fourth-order valence-corrected chi connectivity index (χ4v) is 0.730. The highest BCUT2D eigenvalue weighted by molar-refractivity contribution is 7.80. The second-order valence-corrected chi connectivity index (χ2v) is 2.69. The van der Waals surface area contributed by atoms with Gasteiger partial charge in [0.05, 0.1) is 12.2 Å². The Hall–Kier alpha value is -0.110. The van der Waals surface area contributed by atoms with E-state index in [0.717, 1.165) is 0 Å². The lowest BCUT2D eigenvalue weighted by Crippen LogP contribution is -2.28. The Bertz CT molecular complexity index is 113. The molecule has 12 heavy (non-hydrogen) atoms. The maximum atomic E-state index is 8.75. The van der Waals surface area contributed by atoms with Gasteiger partial charge in [0.2, 0.25) is 0 Å². The van der Waals surface area contributed by atoms with Crippen molar-refractivity contribution in [3.63, 3.8) is 0 Å². The van der Waals surface area contributed by atoms with Gasteiger partial charge in [0.25, 0.3) is 0 Å². The number of aliphatic hydroxyl groups is 2. The molecule has 0 aromatic heterocycles. The number of rotatable bonds is 3. The molecule has 5 nitrogen and oxygen atoms in total. The smallest absolute Gasteiger partial charge is 0.183 e. The number of thiol groups is 2. The number of guanidine groups is 1. The van der Waals surface area contributed by atoms with Gasteiger partial charge in [-0.1, -0.05) is 0 Å². The highest BCUT2D eigenvalue weighted by atomic mass is 32.1. The maximum Gasteiger partial charge on any atom is 0.183 e. The Morgan fingerprint density at radius 2 is 1.33 bits per heavy atom.